The lowest BCUT2D eigenvalue weighted by Crippen LogP contribution is -2.58. The molecular formula is C17H22N4O2. The minimum absolute atomic E-state index is 0.0161. The summed E-state index contributed by atoms with van der Waals surface area (Å²) in [5, 5.41) is 0. The Balaban J connectivity index is 1.85. The first kappa shape index (κ1) is 15.5. The van der Waals surface area contributed by atoms with Crippen LogP contribution in [-0.2, 0) is 23.2 Å². The summed E-state index contributed by atoms with van der Waals surface area (Å²) in [7, 11) is 1.94. The van der Waals surface area contributed by atoms with Crippen molar-refractivity contribution in [1.82, 2.24) is 19.4 Å². The number of nitrogens with zero attached hydrogens (tertiary/aromatic N) is 4. The molecule has 1 aromatic carbocycles. The maximum absolute atomic E-state index is 12.5. The Morgan fingerprint density at radius 3 is 2.70 bits per heavy atom. The van der Waals surface area contributed by atoms with Gasteiger partial charge < -0.3 is 14.4 Å². The largest absolute Gasteiger partial charge is 0.332 e. The number of amides is 2. The standard InChI is InChI=1S/C17H22N4O2/c1-4-9-20-11-16(22)21(12(2)17(20)23)10-15-18-13-7-5-6-8-14(13)19(15)3/h5-8,12H,4,9-11H2,1-3H3/t12-/m0/s1. The molecule has 0 spiro atoms. The van der Waals surface area contributed by atoms with Crippen LogP contribution in [0.25, 0.3) is 11.0 Å². The molecule has 0 radical (unpaired) electrons. The number of fused-ring (bicyclic) bond motifs is 1. The number of carbonyl (C=O) groups excluding carboxylic acids is 2. The topological polar surface area (TPSA) is 58.4 Å². The van der Waals surface area contributed by atoms with Crippen molar-refractivity contribution in [1.29, 1.82) is 0 Å². The van der Waals surface area contributed by atoms with Gasteiger partial charge in [0.15, 0.2) is 0 Å². The molecule has 1 fully saturated rings. The van der Waals surface area contributed by atoms with Crippen LogP contribution in [0.1, 0.15) is 26.1 Å². The molecule has 1 aliphatic heterocycles. The molecule has 2 amide bonds. The maximum atomic E-state index is 12.5. The van der Waals surface area contributed by atoms with Crippen molar-refractivity contribution in [2.24, 2.45) is 7.05 Å². The molecule has 1 saturated heterocycles. The zero-order chi connectivity index (χ0) is 16.6. The predicted octanol–water partition coefficient (Wildman–Crippen LogP) is 1.54. The van der Waals surface area contributed by atoms with E-state index in [-0.39, 0.29) is 18.4 Å². The molecule has 1 aliphatic rings. The van der Waals surface area contributed by atoms with Crippen LogP contribution < -0.4 is 0 Å². The first-order valence-electron chi connectivity index (χ1n) is 8.01. The number of aromatic nitrogens is 2. The Morgan fingerprint density at radius 1 is 1.26 bits per heavy atom. The molecule has 6 nitrogen and oxygen atoms in total. The van der Waals surface area contributed by atoms with Crippen LogP contribution in [0.5, 0.6) is 0 Å². The van der Waals surface area contributed by atoms with Crippen molar-refractivity contribution >= 4 is 22.8 Å². The summed E-state index contributed by atoms with van der Waals surface area (Å²) in [6.07, 6.45) is 0.858. The maximum Gasteiger partial charge on any atom is 0.245 e. The average molecular weight is 314 g/mol. The van der Waals surface area contributed by atoms with Gasteiger partial charge >= 0.3 is 0 Å². The molecule has 0 aliphatic carbocycles. The van der Waals surface area contributed by atoms with Gasteiger partial charge in [-0.25, -0.2) is 4.98 Å². The number of hydrogen-bond acceptors (Lipinski definition) is 3. The second kappa shape index (κ2) is 6.02. The van der Waals surface area contributed by atoms with Gasteiger partial charge in [0.05, 0.1) is 24.1 Å². The van der Waals surface area contributed by atoms with Crippen LogP contribution in [0.2, 0.25) is 0 Å². The van der Waals surface area contributed by atoms with Gasteiger partial charge in [0.25, 0.3) is 0 Å². The summed E-state index contributed by atoms with van der Waals surface area (Å²) >= 11 is 0. The summed E-state index contributed by atoms with van der Waals surface area (Å²) in [5.41, 5.74) is 1.93. The third-order valence-electron chi connectivity index (χ3n) is 4.47. The number of carbonyl (C=O) groups is 2. The molecule has 122 valence electrons. The van der Waals surface area contributed by atoms with Crippen LogP contribution in [0.3, 0.4) is 0 Å². The first-order chi connectivity index (χ1) is 11.0. The number of rotatable bonds is 4. The Hall–Kier alpha value is -2.37. The summed E-state index contributed by atoms with van der Waals surface area (Å²) in [6, 6.07) is 7.42. The lowest BCUT2D eigenvalue weighted by atomic mass is 10.1. The first-order valence-corrected chi connectivity index (χ1v) is 8.01. The molecule has 0 saturated carbocycles. The molecule has 0 unspecified atom stereocenters. The highest BCUT2D eigenvalue weighted by Gasteiger charge is 2.36. The van der Waals surface area contributed by atoms with Crippen LogP contribution in [-0.4, -0.2) is 50.3 Å². The Bertz CT molecular complexity index is 752. The second-order valence-corrected chi connectivity index (χ2v) is 6.03. The van der Waals surface area contributed by atoms with Crippen LogP contribution in [0, 0.1) is 0 Å². The van der Waals surface area contributed by atoms with Crippen molar-refractivity contribution in [3.8, 4) is 0 Å². The fourth-order valence-electron chi connectivity index (χ4n) is 3.12. The molecule has 0 bridgehead atoms. The minimum atomic E-state index is -0.442. The van der Waals surface area contributed by atoms with Crippen LogP contribution >= 0.6 is 0 Å². The van der Waals surface area contributed by atoms with Gasteiger partial charge in [0.1, 0.15) is 11.9 Å². The highest BCUT2D eigenvalue weighted by molar-refractivity contribution is 5.94. The van der Waals surface area contributed by atoms with E-state index in [1.54, 1.807) is 16.7 Å². The second-order valence-electron chi connectivity index (χ2n) is 6.03. The van der Waals surface area contributed by atoms with Crippen molar-refractivity contribution in [3.05, 3.63) is 30.1 Å². The smallest absolute Gasteiger partial charge is 0.245 e. The number of benzene rings is 1. The molecule has 2 aromatic rings. The zero-order valence-electron chi connectivity index (χ0n) is 13.8. The summed E-state index contributed by atoms with van der Waals surface area (Å²) in [5.74, 6) is 0.797. The Labute approximate surface area is 135 Å². The molecular weight excluding hydrogens is 292 g/mol. The van der Waals surface area contributed by atoms with Crippen molar-refractivity contribution in [2.45, 2.75) is 32.9 Å². The third-order valence-corrected chi connectivity index (χ3v) is 4.47. The molecule has 2 heterocycles. The lowest BCUT2D eigenvalue weighted by molar-refractivity contribution is -0.155. The highest BCUT2D eigenvalue weighted by atomic mass is 16.2. The quantitative estimate of drug-likeness (QED) is 0.860. The van der Waals surface area contributed by atoms with Gasteiger partial charge in [0, 0.05) is 13.6 Å². The van der Waals surface area contributed by atoms with Crippen LogP contribution in [0.4, 0.5) is 0 Å². The summed E-state index contributed by atoms with van der Waals surface area (Å²) < 4.78 is 1.98. The average Bonchev–Trinajstić information content (AvgIpc) is 2.86. The fraction of sp³-hybridized carbons (Fsp3) is 0.471. The van der Waals surface area contributed by atoms with Gasteiger partial charge in [-0.2, -0.15) is 0 Å². The Kier molecular flexibility index (Phi) is 4.07. The monoisotopic (exact) mass is 314 g/mol. The minimum Gasteiger partial charge on any atom is -0.332 e. The van der Waals surface area contributed by atoms with E-state index in [2.05, 4.69) is 4.98 Å². The molecule has 1 atom stereocenters. The number of piperazine rings is 1. The summed E-state index contributed by atoms with van der Waals surface area (Å²) in [4.78, 5) is 32.8. The van der Waals surface area contributed by atoms with E-state index in [1.807, 2.05) is 42.8 Å². The number of hydrogen-bond donors (Lipinski definition) is 0. The molecule has 6 heteroatoms. The van der Waals surface area contributed by atoms with Gasteiger partial charge in [-0.15, -0.1) is 0 Å². The molecule has 3 rings (SSSR count). The zero-order valence-corrected chi connectivity index (χ0v) is 13.8. The van der Waals surface area contributed by atoms with E-state index in [9.17, 15) is 9.59 Å². The predicted molar refractivity (Wildman–Crippen MR) is 87.6 cm³/mol. The van der Waals surface area contributed by atoms with Crippen molar-refractivity contribution in [3.63, 3.8) is 0 Å². The molecule has 23 heavy (non-hydrogen) atoms. The number of imidazole rings is 1. The number of para-hydroxylation sites is 2. The van der Waals surface area contributed by atoms with Gasteiger partial charge in [-0.3, -0.25) is 9.59 Å². The number of aryl methyl sites for hydroxylation is 1. The van der Waals surface area contributed by atoms with Crippen molar-refractivity contribution in [2.75, 3.05) is 13.1 Å². The van der Waals surface area contributed by atoms with Gasteiger partial charge in [-0.1, -0.05) is 19.1 Å². The van der Waals surface area contributed by atoms with Gasteiger partial charge in [-0.05, 0) is 25.5 Å². The van der Waals surface area contributed by atoms with E-state index in [0.29, 0.717) is 13.1 Å². The lowest BCUT2D eigenvalue weighted by Gasteiger charge is -2.38. The summed E-state index contributed by atoms with van der Waals surface area (Å²) in [6.45, 7) is 4.96. The van der Waals surface area contributed by atoms with E-state index in [4.69, 9.17) is 0 Å². The fourth-order valence-corrected chi connectivity index (χ4v) is 3.12. The SMILES string of the molecule is CCCN1CC(=O)N(Cc2nc3ccccc3n2C)[C@@H](C)C1=O. The molecule has 1 aromatic heterocycles. The van der Waals surface area contributed by atoms with E-state index in [0.717, 1.165) is 23.3 Å². The third kappa shape index (κ3) is 2.69. The van der Waals surface area contributed by atoms with E-state index < -0.39 is 6.04 Å². The molecule has 0 N–H and O–H groups in total. The van der Waals surface area contributed by atoms with E-state index in [1.165, 1.54) is 0 Å². The van der Waals surface area contributed by atoms with E-state index >= 15 is 0 Å². The normalized spacial score (nSPS) is 19.0. The van der Waals surface area contributed by atoms with Gasteiger partial charge in [0.2, 0.25) is 11.8 Å². The van der Waals surface area contributed by atoms with Crippen molar-refractivity contribution < 1.29 is 9.59 Å². The Morgan fingerprint density at radius 2 is 2.00 bits per heavy atom. The highest BCUT2D eigenvalue weighted by Crippen LogP contribution is 2.19. The van der Waals surface area contributed by atoms with Crippen LogP contribution in [0.15, 0.2) is 24.3 Å².